The lowest BCUT2D eigenvalue weighted by Gasteiger charge is -2.33. The highest BCUT2D eigenvalue weighted by Gasteiger charge is 2.20. The van der Waals surface area contributed by atoms with Crippen LogP contribution in [0.15, 0.2) is 78.1 Å². The molecule has 1 fully saturated rings. The van der Waals surface area contributed by atoms with Crippen LogP contribution in [0.3, 0.4) is 0 Å². The molecule has 9 heteroatoms. The normalized spacial score (nSPS) is 13.0. The van der Waals surface area contributed by atoms with Gasteiger partial charge in [-0.2, -0.15) is 0 Å². The third-order valence-corrected chi connectivity index (χ3v) is 6.34. The standard InChI is InChI=1S/C24H26N4O3S.C3H2O/c1-3-31-23(29)20-16-25-24(26-17-20)27-11-13-28(14-12-27)32-22-9-7-18(8-10-22)19-5-4-6-21(15-19)30-2;1-2-3-4/h4-10,15-17H,3,11-14H2,1-2H3;1H2. The number of carbonyl (C=O) groups excluding carboxylic acids is 2. The maximum absolute atomic E-state index is 11.7. The Morgan fingerprint density at radius 1 is 1.06 bits per heavy atom. The molecule has 2 heterocycles. The molecule has 1 aliphatic rings. The van der Waals surface area contributed by atoms with Crippen LogP contribution in [0, 0.1) is 0 Å². The van der Waals surface area contributed by atoms with Crippen molar-refractivity contribution in [1.82, 2.24) is 14.3 Å². The number of piperazine rings is 1. The summed E-state index contributed by atoms with van der Waals surface area (Å²) in [6, 6.07) is 16.7. The lowest BCUT2D eigenvalue weighted by molar-refractivity contribution is 0.0525. The first kappa shape index (κ1) is 26.7. The second-order valence-corrected chi connectivity index (χ2v) is 8.71. The number of hydrogen-bond donors (Lipinski definition) is 0. The van der Waals surface area contributed by atoms with E-state index in [1.165, 1.54) is 28.8 Å². The average molecular weight is 505 g/mol. The van der Waals surface area contributed by atoms with E-state index < -0.39 is 5.97 Å². The van der Waals surface area contributed by atoms with Gasteiger partial charge in [-0.05, 0) is 66.6 Å². The molecule has 4 rings (SSSR count). The number of benzene rings is 2. The molecule has 0 unspecified atom stereocenters. The van der Waals surface area contributed by atoms with Gasteiger partial charge in [0.1, 0.15) is 5.75 Å². The van der Waals surface area contributed by atoms with Crippen molar-refractivity contribution in [3.8, 4) is 16.9 Å². The van der Waals surface area contributed by atoms with Crippen molar-refractivity contribution in [3.63, 3.8) is 0 Å². The number of methoxy groups -OCH3 is 1. The Hall–Kier alpha value is -3.87. The van der Waals surface area contributed by atoms with Gasteiger partial charge in [-0.15, -0.1) is 0 Å². The van der Waals surface area contributed by atoms with E-state index in [9.17, 15) is 4.79 Å². The highest BCUT2D eigenvalue weighted by Crippen LogP contribution is 2.29. The highest BCUT2D eigenvalue weighted by molar-refractivity contribution is 7.97. The first-order chi connectivity index (χ1) is 17.6. The topological polar surface area (TPSA) is 84.9 Å². The summed E-state index contributed by atoms with van der Waals surface area (Å²) in [5.41, 5.74) is 4.56. The van der Waals surface area contributed by atoms with Crippen LogP contribution in [-0.4, -0.2) is 66.1 Å². The molecule has 0 spiro atoms. The van der Waals surface area contributed by atoms with Gasteiger partial charge in [-0.3, -0.25) is 0 Å². The Labute approximate surface area is 215 Å². The second-order valence-electron chi connectivity index (χ2n) is 7.53. The summed E-state index contributed by atoms with van der Waals surface area (Å²) in [5.74, 6) is 2.43. The van der Waals surface area contributed by atoms with Crippen LogP contribution in [0.2, 0.25) is 0 Å². The highest BCUT2D eigenvalue weighted by atomic mass is 32.2. The monoisotopic (exact) mass is 504 g/mol. The number of ether oxygens (including phenoxy) is 2. The van der Waals surface area contributed by atoms with E-state index in [1.54, 1.807) is 26.0 Å². The Morgan fingerprint density at radius 3 is 2.31 bits per heavy atom. The van der Waals surface area contributed by atoms with Crippen molar-refractivity contribution >= 4 is 29.8 Å². The number of rotatable bonds is 7. The summed E-state index contributed by atoms with van der Waals surface area (Å²) in [6.07, 6.45) is 3.07. The van der Waals surface area contributed by atoms with Crippen molar-refractivity contribution in [2.45, 2.75) is 11.8 Å². The van der Waals surface area contributed by atoms with Gasteiger partial charge in [-0.1, -0.05) is 24.3 Å². The third-order valence-electron chi connectivity index (χ3n) is 5.23. The SMILES string of the molecule is C=C=C=O.CCOC(=O)c1cnc(N2CCN(Sc3ccc(-c4cccc(OC)c4)cc3)CC2)nc1. The molecule has 0 radical (unpaired) electrons. The molecule has 0 bridgehead atoms. The van der Waals surface area contributed by atoms with Gasteiger partial charge < -0.3 is 14.4 Å². The van der Waals surface area contributed by atoms with Gasteiger partial charge in [0.25, 0.3) is 0 Å². The van der Waals surface area contributed by atoms with E-state index in [0.29, 0.717) is 18.1 Å². The Bertz CT molecular complexity index is 1190. The van der Waals surface area contributed by atoms with Gasteiger partial charge >= 0.3 is 5.97 Å². The lowest BCUT2D eigenvalue weighted by Crippen LogP contribution is -2.44. The number of aromatic nitrogens is 2. The minimum absolute atomic E-state index is 0.337. The number of carbonyl (C=O) groups is 1. The van der Waals surface area contributed by atoms with Crippen LogP contribution in [0.4, 0.5) is 5.95 Å². The minimum Gasteiger partial charge on any atom is -0.497 e. The fourth-order valence-electron chi connectivity index (χ4n) is 3.44. The zero-order chi connectivity index (χ0) is 25.8. The molecule has 3 aromatic rings. The maximum Gasteiger partial charge on any atom is 0.341 e. The summed E-state index contributed by atoms with van der Waals surface area (Å²) in [6.45, 7) is 8.49. The predicted molar refractivity (Wildman–Crippen MR) is 141 cm³/mol. The second kappa shape index (κ2) is 13.9. The Morgan fingerprint density at radius 2 is 1.72 bits per heavy atom. The molecule has 186 valence electrons. The minimum atomic E-state index is -0.391. The smallest absolute Gasteiger partial charge is 0.341 e. The summed E-state index contributed by atoms with van der Waals surface area (Å²) < 4.78 is 12.7. The molecule has 0 N–H and O–H groups in total. The van der Waals surface area contributed by atoms with E-state index >= 15 is 0 Å². The van der Waals surface area contributed by atoms with Crippen molar-refractivity contribution in [3.05, 3.63) is 78.8 Å². The first-order valence-corrected chi connectivity index (χ1v) is 12.2. The summed E-state index contributed by atoms with van der Waals surface area (Å²) in [5, 5.41) is 0. The molecule has 1 saturated heterocycles. The van der Waals surface area contributed by atoms with E-state index in [2.05, 4.69) is 56.1 Å². The van der Waals surface area contributed by atoms with Crippen molar-refractivity contribution in [2.24, 2.45) is 0 Å². The van der Waals surface area contributed by atoms with Gasteiger partial charge in [-0.25, -0.2) is 23.9 Å². The van der Waals surface area contributed by atoms with Crippen molar-refractivity contribution < 1.29 is 19.1 Å². The predicted octanol–water partition coefficient (Wildman–Crippen LogP) is 4.32. The fraction of sp³-hybridized carbons (Fsp3) is 0.259. The zero-order valence-electron chi connectivity index (χ0n) is 20.3. The third kappa shape index (κ3) is 7.57. The molecule has 8 nitrogen and oxygen atoms in total. The van der Waals surface area contributed by atoms with E-state index in [-0.39, 0.29) is 0 Å². The van der Waals surface area contributed by atoms with Gasteiger partial charge in [0, 0.05) is 43.5 Å². The van der Waals surface area contributed by atoms with E-state index in [0.717, 1.165) is 37.5 Å². The molecule has 0 amide bonds. The number of hydrogen-bond acceptors (Lipinski definition) is 9. The van der Waals surface area contributed by atoms with Crippen LogP contribution in [-0.2, 0) is 9.53 Å². The number of esters is 1. The van der Waals surface area contributed by atoms with Gasteiger partial charge in [0.15, 0.2) is 5.94 Å². The quantitative estimate of drug-likeness (QED) is 0.202. The first-order valence-electron chi connectivity index (χ1n) is 11.4. The van der Waals surface area contributed by atoms with Gasteiger partial charge in [0.2, 0.25) is 5.95 Å². The fourth-order valence-corrected chi connectivity index (χ4v) is 4.35. The van der Waals surface area contributed by atoms with E-state index in [1.807, 2.05) is 23.9 Å². The largest absolute Gasteiger partial charge is 0.497 e. The van der Waals surface area contributed by atoms with Crippen LogP contribution in [0.5, 0.6) is 5.75 Å². The molecule has 36 heavy (non-hydrogen) atoms. The summed E-state index contributed by atoms with van der Waals surface area (Å²) >= 11 is 1.77. The summed E-state index contributed by atoms with van der Waals surface area (Å²) in [7, 11) is 1.68. The van der Waals surface area contributed by atoms with Crippen LogP contribution in [0.1, 0.15) is 17.3 Å². The number of anilines is 1. The van der Waals surface area contributed by atoms with E-state index in [4.69, 9.17) is 14.3 Å². The van der Waals surface area contributed by atoms with Crippen LogP contribution >= 0.6 is 11.9 Å². The van der Waals surface area contributed by atoms with Gasteiger partial charge in [0.05, 0.1) is 19.3 Å². The summed E-state index contributed by atoms with van der Waals surface area (Å²) in [4.78, 5) is 32.7. The lowest BCUT2D eigenvalue weighted by atomic mass is 10.1. The van der Waals surface area contributed by atoms with Crippen LogP contribution in [0.25, 0.3) is 11.1 Å². The Balaban J connectivity index is 0.000000840. The molecule has 0 atom stereocenters. The zero-order valence-corrected chi connectivity index (χ0v) is 21.2. The molecule has 1 aromatic heterocycles. The molecular formula is C27H28N4O4S. The molecule has 0 saturated carbocycles. The molecule has 0 aliphatic carbocycles. The molecule has 2 aromatic carbocycles. The molecule has 1 aliphatic heterocycles. The number of nitrogens with zero attached hydrogens (tertiary/aromatic N) is 4. The maximum atomic E-state index is 11.7. The molecular weight excluding hydrogens is 476 g/mol. The Kier molecular flexibility index (Phi) is 10.3. The van der Waals surface area contributed by atoms with Crippen molar-refractivity contribution in [2.75, 3.05) is 44.8 Å². The average Bonchev–Trinajstić information content (AvgIpc) is 2.94. The van der Waals surface area contributed by atoms with Crippen LogP contribution < -0.4 is 9.64 Å². The van der Waals surface area contributed by atoms with Crippen molar-refractivity contribution in [1.29, 1.82) is 0 Å².